The lowest BCUT2D eigenvalue weighted by molar-refractivity contribution is -0.132. The number of anilines is 1. The van der Waals surface area contributed by atoms with E-state index >= 15 is 0 Å². The lowest BCUT2D eigenvalue weighted by Gasteiger charge is -2.38. The van der Waals surface area contributed by atoms with Crippen LogP contribution in [0.15, 0.2) is 46.4 Å². The minimum Gasteiger partial charge on any atom is -0.483 e. The van der Waals surface area contributed by atoms with Crippen LogP contribution in [0.5, 0.6) is 0 Å². The second-order valence-electron chi connectivity index (χ2n) is 8.12. The molecule has 4 atom stereocenters. The molecule has 7 heteroatoms. The van der Waals surface area contributed by atoms with Crippen LogP contribution in [0.2, 0.25) is 0 Å². The molecule has 1 fully saturated rings. The maximum atomic E-state index is 13.6. The van der Waals surface area contributed by atoms with Gasteiger partial charge in [-0.15, -0.1) is 0 Å². The number of pyridine rings is 1. The van der Waals surface area contributed by atoms with Gasteiger partial charge in [0, 0.05) is 18.5 Å². The number of aryl methyl sites for hydroxylation is 1. The highest BCUT2D eigenvalue weighted by Crippen LogP contribution is 2.48. The molecule has 0 radical (unpaired) electrons. The fraction of sp³-hybridized carbons (Fsp3) is 0.455. The van der Waals surface area contributed by atoms with Gasteiger partial charge in [0.15, 0.2) is 17.4 Å². The van der Waals surface area contributed by atoms with Crippen molar-refractivity contribution in [2.75, 3.05) is 4.90 Å². The second-order valence-corrected chi connectivity index (χ2v) is 8.12. The molecule has 5 rings (SSSR count). The molecule has 2 aromatic heterocycles. The van der Waals surface area contributed by atoms with Gasteiger partial charge in [-0.1, -0.05) is 24.6 Å². The summed E-state index contributed by atoms with van der Waals surface area (Å²) in [5.74, 6) is 1.15. The molecule has 2 aromatic rings. The number of carbonyl (C=O) groups excluding carboxylic acids is 2. The van der Waals surface area contributed by atoms with Crippen LogP contribution in [-0.4, -0.2) is 27.9 Å². The number of hydrogen-bond donors (Lipinski definition) is 0. The molecule has 0 bridgehead atoms. The molecule has 4 unspecified atom stereocenters. The summed E-state index contributed by atoms with van der Waals surface area (Å²) in [6.07, 6.45) is 6.83. The van der Waals surface area contributed by atoms with E-state index in [1.165, 1.54) is 4.90 Å². The summed E-state index contributed by atoms with van der Waals surface area (Å²) in [5.41, 5.74) is 1.19. The van der Waals surface area contributed by atoms with Crippen molar-refractivity contribution in [3.63, 3.8) is 0 Å². The molecule has 150 valence electrons. The normalized spacial score (nSPS) is 29.0. The number of Topliss-reactive ketones (excluding diaryl/α,β-unsaturated/α-hetero) is 1. The third kappa shape index (κ3) is 2.79. The minimum absolute atomic E-state index is 0.0271. The smallest absolute Gasteiger partial charge is 0.295 e. The molecule has 4 heterocycles. The maximum absolute atomic E-state index is 13.6. The Kier molecular flexibility index (Phi) is 4.26. The maximum Gasteiger partial charge on any atom is 0.295 e. The summed E-state index contributed by atoms with van der Waals surface area (Å²) in [7, 11) is 0. The van der Waals surface area contributed by atoms with Gasteiger partial charge in [-0.3, -0.25) is 19.5 Å². The SMILES string of the molecule is CCC1CCC2OC3=C(C(=O)C2C1)C(c1cccnc1)N(c1cc(C)on1)C3=O. The molecule has 0 aromatic carbocycles. The van der Waals surface area contributed by atoms with Gasteiger partial charge >= 0.3 is 0 Å². The van der Waals surface area contributed by atoms with Gasteiger partial charge in [0.25, 0.3) is 5.91 Å². The molecule has 0 N–H and O–H groups in total. The molecule has 29 heavy (non-hydrogen) atoms. The molecule has 0 spiro atoms. The van der Waals surface area contributed by atoms with Gasteiger partial charge in [0.2, 0.25) is 0 Å². The fourth-order valence-electron chi connectivity index (χ4n) is 4.88. The van der Waals surface area contributed by atoms with E-state index in [4.69, 9.17) is 9.26 Å². The van der Waals surface area contributed by atoms with Gasteiger partial charge in [0.05, 0.1) is 17.5 Å². The van der Waals surface area contributed by atoms with Crippen molar-refractivity contribution in [1.82, 2.24) is 10.1 Å². The fourth-order valence-corrected chi connectivity index (χ4v) is 4.88. The summed E-state index contributed by atoms with van der Waals surface area (Å²) in [6.45, 7) is 3.93. The van der Waals surface area contributed by atoms with E-state index in [0.717, 1.165) is 31.2 Å². The molecule has 1 amide bonds. The summed E-state index contributed by atoms with van der Waals surface area (Å²) >= 11 is 0. The molecule has 2 aliphatic heterocycles. The van der Waals surface area contributed by atoms with Crippen LogP contribution in [0.25, 0.3) is 0 Å². The Bertz CT molecular complexity index is 996. The summed E-state index contributed by atoms with van der Waals surface area (Å²) < 4.78 is 11.4. The first-order valence-corrected chi connectivity index (χ1v) is 10.2. The van der Waals surface area contributed by atoms with Gasteiger partial charge in [0.1, 0.15) is 11.9 Å². The Morgan fingerprint density at radius 2 is 2.14 bits per heavy atom. The molecule has 1 aliphatic carbocycles. The van der Waals surface area contributed by atoms with E-state index in [1.807, 2.05) is 6.07 Å². The summed E-state index contributed by atoms with van der Waals surface area (Å²) in [4.78, 5) is 32.7. The van der Waals surface area contributed by atoms with Crippen LogP contribution >= 0.6 is 0 Å². The minimum atomic E-state index is -0.605. The van der Waals surface area contributed by atoms with Crippen molar-refractivity contribution in [2.24, 2.45) is 11.8 Å². The largest absolute Gasteiger partial charge is 0.483 e. The highest BCUT2D eigenvalue weighted by Gasteiger charge is 2.53. The predicted octanol–water partition coefficient (Wildman–Crippen LogP) is 3.51. The summed E-state index contributed by atoms with van der Waals surface area (Å²) in [5, 5.41) is 4.04. The number of amides is 1. The number of carbonyl (C=O) groups is 2. The third-order valence-electron chi connectivity index (χ3n) is 6.40. The lowest BCUT2D eigenvalue weighted by atomic mass is 9.73. The zero-order valence-electron chi connectivity index (χ0n) is 16.5. The lowest BCUT2D eigenvalue weighted by Crippen LogP contribution is -2.41. The predicted molar refractivity (Wildman–Crippen MR) is 104 cm³/mol. The number of rotatable bonds is 3. The van der Waals surface area contributed by atoms with E-state index in [1.54, 1.807) is 31.5 Å². The molecular weight excluding hydrogens is 370 g/mol. The van der Waals surface area contributed by atoms with E-state index in [9.17, 15) is 9.59 Å². The van der Waals surface area contributed by atoms with Crippen LogP contribution in [0.4, 0.5) is 5.82 Å². The van der Waals surface area contributed by atoms with E-state index < -0.39 is 6.04 Å². The first-order chi connectivity index (χ1) is 14.1. The van der Waals surface area contributed by atoms with Crippen molar-refractivity contribution >= 4 is 17.5 Å². The molecular formula is C22H23N3O4. The zero-order chi connectivity index (χ0) is 20.1. The molecule has 0 saturated heterocycles. The Hall–Kier alpha value is -2.96. The van der Waals surface area contributed by atoms with Crippen LogP contribution in [0, 0.1) is 18.8 Å². The van der Waals surface area contributed by atoms with E-state index in [-0.39, 0.29) is 29.5 Å². The van der Waals surface area contributed by atoms with Crippen molar-refractivity contribution < 1.29 is 18.8 Å². The zero-order valence-corrected chi connectivity index (χ0v) is 16.5. The van der Waals surface area contributed by atoms with E-state index in [2.05, 4.69) is 17.1 Å². The Labute approximate surface area is 168 Å². The number of nitrogens with zero attached hydrogens (tertiary/aromatic N) is 3. The highest BCUT2D eigenvalue weighted by molar-refractivity contribution is 6.17. The van der Waals surface area contributed by atoms with Crippen LogP contribution in [0.3, 0.4) is 0 Å². The van der Waals surface area contributed by atoms with Gasteiger partial charge < -0.3 is 9.26 Å². The monoisotopic (exact) mass is 393 g/mol. The molecule has 1 saturated carbocycles. The second kappa shape index (κ2) is 6.83. The van der Waals surface area contributed by atoms with Crippen molar-refractivity contribution in [3.8, 4) is 0 Å². The number of ketones is 1. The van der Waals surface area contributed by atoms with Crippen molar-refractivity contribution in [2.45, 2.75) is 51.7 Å². The Morgan fingerprint density at radius 1 is 1.28 bits per heavy atom. The Morgan fingerprint density at radius 3 is 2.83 bits per heavy atom. The first-order valence-electron chi connectivity index (χ1n) is 10.2. The Balaban J connectivity index is 1.61. The van der Waals surface area contributed by atoms with Gasteiger partial charge in [-0.05, 0) is 43.7 Å². The third-order valence-corrected chi connectivity index (χ3v) is 6.40. The number of ether oxygens (including phenoxy) is 1. The summed E-state index contributed by atoms with van der Waals surface area (Å²) in [6, 6.07) is 4.77. The topological polar surface area (TPSA) is 85.5 Å². The molecule has 7 nitrogen and oxygen atoms in total. The first kappa shape index (κ1) is 18.1. The number of hydrogen-bond acceptors (Lipinski definition) is 6. The van der Waals surface area contributed by atoms with Crippen LogP contribution in [0.1, 0.15) is 50.0 Å². The van der Waals surface area contributed by atoms with E-state index in [0.29, 0.717) is 23.1 Å². The van der Waals surface area contributed by atoms with Crippen LogP contribution in [-0.2, 0) is 14.3 Å². The van der Waals surface area contributed by atoms with Crippen LogP contribution < -0.4 is 4.90 Å². The quantitative estimate of drug-likeness (QED) is 0.793. The van der Waals surface area contributed by atoms with Gasteiger partial charge in [-0.25, -0.2) is 0 Å². The van der Waals surface area contributed by atoms with Crippen molar-refractivity contribution in [1.29, 1.82) is 0 Å². The highest BCUT2D eigenvalue weighted by atomic mass is 16.5. The average Bonchev–Trinajstić information content (AvgIpc) is 3.30. The number of fused-ring (bicyclic) bond motifs is 1. The molecule has 3 aliphatic rings. The number of aromatic nitrogens is 2. The van der Waals surface area contributed by atoms with Crippen molar-refractivity contribution in [3.05, 3.63) is 53.2 Å². The van der Waals surface area contributed by atoms with Gasteiger partial charge in [-0.2, -0.15) is 0 Å². The standard InChI is InChI=1S/C22H23N3O4/c1-3-13-6-7-16-15(10-13)20(26)18-19(14-5-4-8-23-11-14)25(22(27)21(18)28-16)17-9-12(2)29-24-17/h4-5,8-9,11,13,15-16,19H,3,6-7,10H2,1-2H3. The average molecular weight is 393 g/mol.